The van der Waals surface area contributed by atoms with Crippen molar-refractivity contribution in [3.05, 3.63) is 65.0 Å². The molecule has 8 heteroatoms. The molecular formula is C22H25FN4O3. The topological polar surface area (TPSA) is 127 Å². The molecule has 1 saturated carbocycles. The largest absolute Gasteiger partial charge is 0.368 e. The molecule has 0 radical (unpaired) electrons. The van der Waals surface area contributed by atoms with Gasteiger partial charge < -0.3 is 22.1 Å². The molecule has 3 amide bonds. The summed E-state index contributed by atoms with van der Waals surface area (Å²) in [5.41, 5.74) is 12.2. The predicted molar refractivity (Wildman–Crippen MR) is 111 cm³/mol. The van der Waals surface area contributed by atoms with Crippen LogP contribution < -0.4 is 22.1 Å². The van der Waals surface area contributed by atoms with Crippen LogP contribution in [0.25, 0.3) is 0 Å². The number of nitrogens with one attached hydrogen (secondary N) is 2. The lowest BCUT2D eigenvalue weighted by molar-refractivity contribution is -0.124. The fourth-order valence-electron chi connectivity index (χ4n) is 3.71. The summed E-state index contributed by atoms with van der Waals surface area (Å²) < 4.78 is 13.0. The molecule has 0 spiro atoms. The predicted octanol–water partition coefficient (Wildman–Crippen LogP) is 1.99. The Labute approximate surface area is 174 Å². The van der Waals surface area contributed by atoms with Crippen molar-refractivity contribution in [2.75, 3.05) is 5.32 Å². The fraction of sp³-hybridized carbons (Fsp3) is 0.318. The molecule has 0 atom stereocenters. The Morgan fingerprint density at radius 3 is 2.27 bits per heavy atom. The lowest BCUT2D eigenvalue weighted by atomic mass is 9.95. The Morgan fingerprint density at radius 1 is 1.00 bits per heavy atom. The van der Waals surface area contributed by atoms with E-state index in [0.717, 1.165) is 12.8 Å². The number of amides is 3. The molecule has 30 heavy (non-hydrogen) atoms. The van der Waals surface area contributed by atoms with E-state index in [2.05, 4.69) is 10.6 Å². The fourth-order valence-corrected chi connectivity index (χ4v) is 3.71. The molecule has 6 N–H and O–H groups in total. The van der Waals surface area contributed by atoms with Crippen LogP contribution in [0.15, 0.2) is 42.5 Å². The Kier molecular flexibility index (Phi) is 6.47. The molecule has 2 aromatic carbocycles. The van der Waals surface area contributed by atoms with Crippen LogP contribution in [0.3, 0.4) is 0 Å². The van der Waals surface area contributed by atoms with E-state index in [1.165, 1.54) is 30.3 Å². The number of anilines is 1. The molecule has 1 aliphatic carbocycles. The van der Waals surface area contributed by atoms with Gasteiger partial charge in [0.25, 0.3) is 5.91 Å². The number of halogens is 1. The molecular weight excluding hydrogens is 387 g/mol. The smallest absolute Gasteiger partial charge is 0.252 e. The second kappa shape index (κ2) is 9.04. The highest BCUT2D eigenvalue weighted by atomic mass is 19.1. The van der Waals surface area contributed by atoms with E-state index in [1.54, 1.807) is 12.1 Å². The van der Waals surface area contributed by atoms with Gasteiger partial charge in [-0.15, -0.1) is 0 Å². The maximum absolute atomic E-state index is 13.0. The average molecular weight is 412 g/mol. The number of hydrogen-bond donors (Lipinski definition) is 4. The van der Waals surface area contributed by atoms with Crippen molar-refractivity contribution >= 4 is 23.4 Å². The zero-order valence-corrected chi connectivity index (χ0v) is 16.5. The van der Waals surface area contributed by atoms with Crippen molar-refractivity contribution < 1.29 is 18.8 Å². The zero-order valence-electron chi connectivity index (χ0n) is 16.5. The van der Waals surface area contributed by atoms with Gasteiger partial charge in [-0.1, -0.05) is 25.0 Å². The summed E-state index contributed by atoms with van der Waals surface area (Å²) in [5.74, 6) is -1.68. The zero-order chi connectivity index (χ0) is 21.7. The van der Waals surface area contributed by atoms with Crippen molar-refractivity contribution in [1.29, 1.82) is 0 Å². The maximum Gasteiger partial charge on any atom is 0.252 e. The summed E-state index contributed by atoms with van der Waals surface area (Å²) in [7, 11) is 0. The van der Waals surface area contributed by atoms with Crippen molar-refractivity contribution in [1.82, 2.24) is 5.32 Å². The van der Waals surface area contributed by atoms with E-state index in [-0.39, 0.29) is 30.3 Å². The monoisotopic (exact) mass is 412 g/mol. The van der Waals surface area contributed by atoms with E-state index < -0.39 is 17.4 Å². The Hall–Kier alpha value is -3.26. The average Bonchev–Trinajstić information content (AvgIpc) is 3.19. The number of nitrogens with two attached hydrogens (primary N) is 2. The summed E-state index contributed by atoms with van der Waals surface area (Å²) in [4.78, 5) is 37.1. The van der Waals surface area contributed by atoms with Crippen LogP contribution in [0.2, 0.25) is 0 Å². The van der Waals surface area contributed by atoms with Crippen molar-refractivity contribution in [3.63, 3.8) is 0 Å². The van der Waals surface area contributed by atoms with Gasteiger partial charge in [-0.05, 0) is 54.3 Å². The van der Waals surface area contributed by atoms with Gasteiger partial charge in [-0.25, -0.2) is 4.39 Å². The molecule has 0 bridgehead atoms. The first-order valence-corrected chi connectivity index (χ1v) is 9.82. The highest BCUT2D eigenvalue weighted by molar-refractivity contribution is 6.01. The summed E-state index contributed by atoms with van der Waals surface area (Å²) in [6, 6.07) is 10.5. The van der Waals surface area contributed by atoms with Crippen LogP contribution in [0.5, 0.6) is 0 Å². The molecule has 158 valence electrons. The minimum absolute atomic E-state index is 0.0550. The quantitative estimate of drug-likeness (QED) is 0.554. The van der Waals surface area contributed by atoms with E-state index >= 15 is 0 Å². The van der Waals surface area contributed by atoms with Gasteiger partial charge in [0, 0.05) is 17.8 Å². The third-order valence-corrected chi connectivity index (χ3v) is 5.33. The third kappa shape index (κ3) is 5.01. The first-order chi connectivity index (χ1) is 14.3. The maximum atomic E-state index is 13.0. The summed E-state index contributed by atoms with van der Waals surface area (Å²) in [6.45, 7) is 0.170. The molecule has 2 aromatic rings. The molecule has 1 aliphatic rings. The van der Waals surface area contributed by atoms with Gasteiger partial charge in [0.2, 0.25) is 11.8 Å². The van der Waals surface area contributed by atoms with Gasteiger partial charge >= 0.3 is 0 Å². The van der Waals surface area contributed by atoms with Gasteiger partial charge in [-0.3, -0.25) is 14.4 Å². The van der Waals surface area contributed by atoms with E-state index in [1.807, 2.05) is 0 Å². The van der Waals surface area contributed by atoms with Gasteiger partial charge in [-0.2, -0.15) is 0 Å². The Balaban J connectivity index is 1.75. The number of carbonyl (C=O) groups excluding carboxylic acids is 3. The lowest BCUT2D eigenvalue weighted by Crippen LogP contribution is -2.55. The highest BCUT2D eigenvalue weighted by Gasteiger charge is 2.41. The summed E-state index contributed by atoms with van der Waals surface area (Å²) >= 11 is 0. The van der Waals surface area contributed by atoms with E-state index in [9.17, 15) is 18.8 Å². The molecule has 0 aromatic heterocycles. The van der Waals surface area contributed by atoms with Crippen molar-refractivity contribution in [3.8, 4) is 0 Å². The van der Waals surface area contributed by atoms with E-state index in [0.29, 0.717) is 29.7 Å². The molecule has 0 heterocycles. The van der Waals surface area contributed by atoms with Crippen molar-refractivity contribution in [2.45, 2.75) is 44.2 Å². The molecule has 0 saturated heterocycles. The first-order valence-electron chi connectivity index (χ1n) is 9.82. The summed E-state index contributed by atoms with van der Waals surface area (Å²) in [5, 5.41) is 5.52. The normalized spacial score (nSPS) is 14.9. The molecule has 0 unspecified atom stereocenters. The number of benzene rings is 2. The highest BCUT2D eigenvalue weighted by Crippen LogP contribution is 2.30. The minimum Gasteiger partial charge on any atom is -0.368 e. The second-order valence-corrected chi connectivity index (χ2v) is 7.58. The van der Waals surface area contributed by atoms with Gasteiger partial charge in [0.05, 0.1) is 6.42 Å². The molecule has 0 aliphatic heterocycles. The van der Waals surface area contributed by atoms with Crippen LogP contribution in [-0.2, 0) is 22.6 Å². The number of rotatable bonds is 7. The van der Waals surface area contributed by atoms with Gasteiger partial charge in [0.1, 0.15) is 11.4 Å². The Morgan fingerprint density at radius 2 is 1.67 bits per heavy atom. The number of hydrogen-bond acceptors (Lipinski definition) is 4. The van der Waals surface area contributed by atoms with Crippen LogP contribution in [-0.4, -0.2) is 23.3 Å². The molecule has 3 rings (SSSR count). The van der Waals surface area contributed by atoms with E-state index in [4.69, 9.17) is 11.5 Å². The third-order valence-electron chi connectivity index (χ3n) is 5.33. The van der Waals surface area contributed by atoms with Crippen LogP contribution in [0, 0.1) is 5.82 Å². The first kappa shape index (κ1) is 21.4. The van der Waals surface area contributed by atoms with Gasteiger partial charge in [0.15, 0.2) is 0 Å². The molecule has 1 fully saturated rings. The second-order valence-electron chi connectivity index (χ2n) is 7.58. The minimum atomic E-state index is -1.04. The number of primary amides is 1. The molecule has 7 nitrogen and oxygen atoms in total. The van der Waals surface area contributed by atoms with Crippen LogP contribution >= 0.6 is 0 Å². The number of carbonyl (C=O) groups is 3. The van der Waals surface area contributed by atoms with Crippen LogP contribution in [0.1, 0.15) is 47.2 Å². The van der Waals surface area contributed by atoms with Crippen molar-refractivity contribution in [2.24, 2.45) is 11.5 Å². The standard InChI is InChI=1S/C22H25FN4O3/c23-17-5-3-14(4-6-17)11-19(28)26-18-10-15(13-24)9-16(12-18)20(29)27-22(21(25)30)7-1-2-8-22/h3-6,9-10,12H,1-2,7-8,11,13,24H2,(H2,25,30)(H,26,28)(H,27,29). The Bertz CT molecular complexity index is 953. The summed E-state index contributed by atoms with van der Waals surface area (Å²) in [6.07, 6.45) is 2.70. The lowest BCUT2D eigenvalue weighted by Gasteiger charge is -2.26. The SMILES string of the molecule is NCc1cc(NC(=O)Cc2ccc(F)cc2)cc(C(=O)NC2(C(N)=O)CCCC2)c1. The van der Waals surface area contributed by atoms with Crippen LogP contribution in [0.4, 0.5) is 10.1 Å².